The molecule has 0 bridgehead atoms. The van der Waals surface area contributed by atoms with Gasteiger partial charge in [0.1, 0.15) is 5.71 Å². The van der Waals surface area contributed by atoms with E-state index in [2.05, 4.69) is 42.3 Å². The molecule has 5 rings (SSSR count). The van der Waals surface area contributed by atoms with Crippen LogP contribution in [0.25, 0.3) is 21.8 Å². The molecule has 0 fully saturated rings. The molecule has 0 radical (unpaired) electrons. The third-order valence-corrected chi connectivity index (χ3v) is 5.34. The maximum Gasteiger partial charge on any atom is 0.270 e. The standard InChI is InChI=1S/C20H15BrN4O/c21-11-5-6-13-15(9-23-17(13)7-11)19-20(26)25-18(10-24-19)14-8-22-16-4-2-1-3-12(14)16/h1-9,18,22-23H,10H2,(H,25,26). The van der Waals surface area contributed by atoms with Crippen molar-refractivity contribution in [3.05, 3.63) is 70.5 Å². The lowest BCUT2D eigenvalue weighted by molar-refractivity contribution is -0.115. The fourth-order valence-corrected chi connectivity index (χ4v) is 3.95. The van der Waals surface area contributed by atoms with Crippen LogP contribution in [0.5, 0.6) is 0 Å². The van der Waals surface area contributed by atoms with Crippen molar-refractivity contribution in [3.8, 4) is 0 Å². The number of para-hydroxylation sites is 1. The molecule has 2 aromatic carbocycles. The Morgan fingerprint density at radius 3 is 2.73 bits per heavy atom. The molecule has 3 N–H and O–H groups in total. The van der Waals surface area contributed by atoms with Gasteiger partial charge in [-0.3, -0.25) is 9.79 Å². The van der Waals surface area contributed by atoms with E-state index >= 15 is 0 Å². The lowest BCUT2D eigenvalue weighted by Crippen LogP contribution is -2.40. The summed E-state index contributed by atoms with van der Waals surface area (Å²) in [6.07, 6.45) is 3.81. The fourth-order valence-electron chi connectivity index (χ4n) is 3.59. The predicted molar refractivity (Wildman–Crippen MR) is 107 cm³/mol. The van der Waals surface area contributed by atoms with Crippen molar-refractivity contribution in [2.45, 2.75) is 6.04 Å². The molecular formula is C20H15BrN4O. The summed E-state index contributed by atoms with van der Waals surface area (Å²) >= 11 is 3.47. The normalized spacial score (nSPS) is 17.5. The van der Waals surface area contributed by atoms with Crippen molar-refractivity contribution >= 4 is 49.4 Å². The number of rotatable bonds is 2. The van der Waals surface area contributed by atoms with Crippen LogP contribution in [-0.2, 0) is 4.79 Å². The average molecular weight is 407 g/mol. The van der Waals surface area contributed by atoms with Gasteiger partial charge in [-0.2, -0.15) is 0 Å². The highest BCUT2D eigenvalue weighted by atomic mass is 79.9. The number of aliphatic imine (C=N–C) groups is 1. The smallest absolute Gasteiger partial charge is 0.270 e. The molecule has 0 aliphatic carbocycles. The van der Waals surface area contributed by atoms with Gasteiger partial charge in [-0.05, 0) is 18.2 Å². The zero-order valence-corrected chi connectivity index (χ0v) is 15.3. The number of fused-ring (bicyclic) bond motifs is 2. The number of carbonyl (C=O) groups is 1. The largest absolute Gasteiger partial charge is 0.361 e. The van der Waals surface area contributed by atoms with Crippen molar-refractivity contribution in [1.29, 1.82) is 0 Å². The van der Waals surface area contributed by atoms with Crippen LogP contribution in [0.15, 0.2) is 64.3 Å². The van der Waals surface area contributed by atoms with Gasteiger partial charge in [0.15, 0.2) is 0 Å². The van der Waals surface area contributed by atoms with E-state index in [1.807, 2.05) is 48.8 Å². The molecule has 1 aliphatic heterocycles. The zero-order valence-electron chi connectivity index (χ0n) is 13.7. The van der Waals surface area contributed by atoms with E-state index in [0.29, 0.717) is 12.3 Å². The van der Waals surface area contributed by atoms with Crippen LogP contribution < -0.4 is 5.32 Å². The molecule has 128 valence electrons. The second-order valence-corrected chi connectivity index (χ2v) is 7.31. The third-order valence-electron chi connectivity index (χ3n) is 4.85. The molecule has 1 aliphatic rings. The zero-order chi connectivity index (χ0) is 17.7. The van der Waals surface area contributed by atoms with Crippen LogP contribution in [0.2, 0.25) is 0 Å². The Kier molecular flexibility index (Phi) is 3.46. The molecule has 1 amide bonds. The number of amides is 1. The minimum atomic E-state index is -0.143. The SMILES string of the molecule is O=C1NC(c2c[nH]c3ccccc23)CN=C1c1c[nH]c2cc(Br)ccc12. The lowest BCUT2D eigenvalue weighted by Gasteiger charge is -2.22. The maximum absolute atomic E-state index is 12.8. The monoisotopic (exact) mass is 406 g/mol. The summed E-state index contributed by atoms with van der Waals surface area (Å²) in [7, 11) is 0. The molecule has 26 heavy (non-hydrogen) atoms. The second kappa shape index (κ2) is 5.85. The molecule has 0 saturated heterocycles. The number of hydrogen-bond acceptors (Lipinski definition) is 2. The Morgan fingerprint density at radius 1 is 1.00 bits per heavy atom. The molecule has 2 aromatic heterocycles. The molecule has 0 spiro atoms. The Hall–Kier alpha value is -2.86. The number of halogens is 1. The summed E-state index contributed by atoms with van der Waals surface area (Å²) in [5.74, 6) is -0.143. The average Bonchev–Trinajstić information content (AvgIpc) is 3.25. The lowest BCUT2D eigenvalue weighted by atomic mass is 10.0. The molecule has 3 heterocycles. The van der Waals surface area contributed by atoms with E-state index in [0.717, 1.165) is 37.4 Å². The van der Waals surface area contributed by atoms with E-state index < -0.39 is 0 Å². The highest BCUT2D eigenvalue weighted by Crippen LogP contribution is 2.28. The van der Waals surface area contributed by atoms with Crippen molar-refractivity contribution in [2.75, 3.05) is 6.54 Å². The van der Waals surface area contributed by atoms with Gasteiger partial charge in [0.25, 0.3) is 5.91 Å². The van der Waals surface area contributed by atoms with Gasteiger partial charge in [-0.15, -0.1) is 0 Å². The minimum absolute atomic E-state index is 0.123. The van der Waals surface area contributed by atoms with E-state index in [9.17, 15) is 4.79 Å². The number of carbonyl (C=O) groups excluding carboxylic acids is 1. The summed E-state index contributed by atoms with van der Waals surface area (Å²) in [5.41, 5.74) is 4.43. The number of nitrogens with zero attached hydrogens (tertiary/aromatic N) is 1. The Labute approximate surface area is 157 Å². The molecule has 1 unspecified atom stereocenters. The van der Waals surface area contributed by atoms with Gasteiger partial charge in [-0.25, -0.2) is 0 Å². The van der Waals surface area contributed by atoms with Gasteiger partial charge in [0, 0.05) is 49.8 Å². The molecule has 5 nitrogen and oxygen atoms in total. The van der Waals surface area contributed by atoms with Gasteiger partial charge in [-0.1, -0.05) is 40.2 Å². The fraction of sp³-hybridized carbons (Fsp3) is 0.100. The first-order valence-electron chi connectivity index (χ1n) is 8.39. The highest BCUT2D eigenvalue weighted by Gasteiger charge is 2.27. The molecule has 4 aromatic rings. The summed E-state index contributed by atoms with van der Waals surface area (Å²) < 4.78 is 0.993. The number of benzene rings is 2. The van der Waals surface area contributed by atoms with Gasteiger partial charge >= 0.3 is 0 Å². The molecule has 1 atom stereocenters. The van der Waals surface area contributed by atoms with Gasteiger partial charge < -0.3 is 15.3 Å². The second-order valence-electron chi connectivity index (χ2n) is 6.40. The Balaban J connectivity index is 1.52. The van der Waals surface area contributed by atoms with Crippen molar-refractivity contribution in [2.24, 2.45) is 4.99 Å². The first-order chi connectivity index (χ1) is 12.7. The Morgan fingerprint density at radius 2 is 1.85 bits per heavy atom. The van der Waals surface area contributed by atoms with E-state index in [4.69, 9.17) is 0 Å². The Bertz CT molecular complexity index is 1190. The van der Waals surface area contributed by atoms with Crippen LogP contribution in [0.3, 0.4) is 0 Å². The summed E-state index contributed by atoms with van der Waals surface area (Å²) in [6.45, 7) is 0.520. The number of hydrogen-bond donors (Lipinski definition) is 3. The third kappa shape index (κ3) is 2.37. The number of H-pyrrole nitrogens is 2. The van der Waals surface area contributed by atoms with E-state index in [1.165, 1.54) is 0 Å². The van der Waals surface area contributed by atoms with Crippen LogP contribution in [0.4, 0.5) is 0 Å². The topological polar surface area (TPSA) is 73.0 Å². The van der Waals surface area contributed by atoms with E-state index in [1.54, 1.807) is 0 Å². The maximum atomic E-state index is 12.8. The molecule has 0 saturated carbocycles. The number of nitrogens with one attached hydrogen (secondary N) is 3. The van der Waals surface area contributed by atoms with Crippen molar-refractivity contribution in [3.63, 3.8) is 0 Å². The number of aromatic amines is 2. The predicted octanol–water partition coefficient (Wildman–Crippen LogP) is 4.07. The summed E-state index contributed by atoms with van der Waals surface area (Å²) in [4.78, 5) is 23.9. The van der Waals surface area contributed by atoms with Crippen LogP contribution in [-0.4, -0.2) is 28.1 Å². The number of aromatic nitrogens is 2. The van der Waals surface area contributed by atoms with Crippen molar-refractivity contribution in [1.82, 2.24) is 15.3 Å². The first kappa shape index (κ1) is 15.4. The quantitative estimate of drug-likeness (QED) is 0.461. The molecular weight excluding hydrogens is 392 g/mol. The minimum Gasteiger partial charge on any atom is -0.361 e. The first-order valence-corrected chi connectivity index (χ1v) is 9.18. The van der Waals surface area contributed by atoms with Crippen LogP contribution in [0, 0.1) is 0 Å². The van der Waals surface area contributed by atoms with Crippen molar-refractivity contribution < 1.29 is 4.79 Å². The highest BCUT2D eigenvalue weighted by molar-refractivity contribution is 9.10. The molecule has 6 heteroatoms. The van der Waals surface area contributed by atoms with Crippen LogP contribution >= 0.6 is 15.9 Å². The summed E-state index contributed by atoms with van der Waals surface area (Å²) in [5, 5.41) is 5.22. The van der Waals surface area contributed by atoms with E-state index in [-0.39, 0.29) is 11.9 Å². The van der Waals surface area contributed by atoms with Gasteiger partial charge in [0.05, 0.1) is 12.6 Å². The van der Waals surface area contributed by atoms with Gasteiger partial charge in [0.2, 0.25) is 0 Å². The summed E-state index contributed by atoms with van der Waals surface area (Å²) in [6, 6.07) is 13.9. The van der Waals surface area contributed by atoms with Crippen LogP contribution in [0.1, 0.15) is 17.2 Å².